The molecule has 0 bridgehead atoms. The van der Waals surface area contributed by atoms with Crippen molar-refractivity contribution >= 4 is 22.4 Å². The van der Waals surface area contributed by atoms with Gasteiger partial charge in [-0.1, -0.05) is 54.6 Å². The summed E-state index contributed by atoms with van der Waals surface area (Å²) < 4.78 is 11.1. The van der Waals surface area contributed by atoms with Crippen molar-refractivity contribution in [1.29, 1.82) is 0 Å². The number of nitrogens with one attached hydrogen (secondary N) is 1. The Labute approximate surface area is 178 Å². The smallest absolute Gasteiger partial charge is 0.257 e. The summed E-state index contributed by atoms with van der Waals surface area (Å²) >= 11 is 1.40. The van der Waals surface area contributed by atoms with E-state index >= 15 is 0 Å². The third-order valence-electron chi connectivity index (χ3n) is 4.47. The lowest BCUT2D eigenvalue weighted by molar-refractivity contribution is 0.102. The number of thiazole rings is 1. The summed E-state index contributed by atoms with van der Waals surface area (Å²) in [6.45, 7) is 0.384. The maximum absolute atomic E-state index is 12.5. The van der Waals surface area contributed by atoms with E-state index in [0.717, 1.165) is 16.8 Å². The third-order valence-corrected chi connectivity index (χ3v) is 5.23. The second-order valence-corrected chi connectivity index (χ2v) is 7.35. The second-order valence-electron chi connectivity index (χ2n) is 6.49. The van der Waals surface area contributed by atoms with Crippen molar-refractivity contribution in [3.05, 3.63) is 95.4 Å². The van der Waals surface area contributed by atoms with Gasteiger partial charge in [-0.3, -0.25) is 10.1 Å². The molecule has 1 heterocycles. The molecule has 0 atom stereocenters. The minimum Gasteiger partial charge on any atom is -0.493 e. The van der Waals surface area contributed by atoms with E-state index < -0.39 is 0 Å². The molecule has 0 aliphatic heterocycles. The number of benzene rings is 3. The Morgan fingerprint density at radius 3 is 2.37 bits per heavy atom. The number of hydrogen-bond acceptors (Lipinski definition) is 5. The minimum absolute atomic E-state index is 0.193. The first kappa shape index (κ1) is 19.7. The van der Waals surface area contributed by atoms with Gasteiger partial charge in [-0.05, 0) is 29.8 Å². The fourth-order valence-electron chi connectivity index (χ4n) is 2.89. The molecule has 1 N–H and O–H groups in total. The molecular weight excluding hydrogens is 396 g/mol. The van der Waals surface area contributed by atoms with Gasteiger partial charge in [0.25, 0.3) is 5.91 Å². The first-order valence-corrected chi connectivity index (χ1v) is 10.3. The van der Waals surface area contributed by atoms with E-state index in [4.69, 9.17) is 9.47 Å². The summed E-state index contributed by atoms with van der Waals surface area (Å²) in [5.74, 6) is 1.17. The maximum atomic E-state index is 12.5. The summed E-state index contributed by atoms with van der Waals surface area (Å²) in [5, 5.41) is 5.37. The molecule has 6 heteroatoms. The summed E-state index contributed by atoms with van der Waals surface area (Å²) in [5.41, 5.74) is 3.39. The molecule has 0 saturated carbocycles. The number of nitrogens with zero attached hydrogens (tertiary/aromatic N) is 1. The molecule has 0 radical (unpaired) electrons. The normalized spacial score (nSPS) is 10.4. The largest absolute Gasteiger partial charge is 0.493 e. The van der Waals surface area contributed by atoms with Crippen LogP contribution in [0.2, 0.25) is 0 Å². The molecule has 1 amide bonds. The predicted octanol–water partition coefficient (Wildman–Crippen LogP) is 5.65. The molecule has 0 spiro atoms. The van der Waals surface area contributed by atoms with Crippen LogP contribution in [0.1, 0.15) is 15.9 Å². The average molecular weight is 417 g/mol. The summed E-state index contributed by atoms with van der Waals surface area (Å²) in [4.78, 5) is 17.0. The molecule has 0 saturated heterocycles. The van der Waals surface area contributed by atoms with E-state index in [-0.39, 0.29) is 5.91 Å². The zero-order valence-corrected chi connectivity index (χ0v) is 17.2. The third kappa shape index (κ3) is 4.67. The van der Waals surface area contributed by atoms with Crippen molar-refractivity contribution in [1.82, 2.24) is 4.98 Å². The molecule has 150 valence electrons. The lowest BCUT2D eigenvalue weighted by Crippen LogP contribution is -2.11. The van der Waals surface area contributed by atoms with Crippen LogP contribution in [-0.2, 0) is 6.61 Å². The summed E-state index contributed by atoms with van der Waals surface area (Å²) in [6, 6.07) is 24.7. The highest BCUT2D eigenvalue weighted by Gasteiger charge is 2.10. The fourth-order valence-corrected chi connectivity index (χ4v) is 3.61. The Morgan fingerprint density at radius 1 is 0.933 bits per heavy atom. The minimum atomic E-state index is -0.193. The number of carbonyl (C=O) groups is 1. The highest BCUT2D eigenvalue weighted by Crippen LogP contribution is 2.27. The van der Waals surface area contributed by atoms with Crippen LogP contribution in [0.4, 0.5) is 5.13 Å². The van der Waals surface area contributed by atoms with Gasteiger partial charge in [0, 0.05) is 16.5 Å². The van der Waals surface area contributed by atoms with Gasteiger partial charge in [-0.15, -0.1) is 11.3 Å². The molecule has 1 aromatic heterocycles. The van der Waals surface area contributed by atoms with Crippen LogP contribution >= 0.6 is 11.3 Å². The topological polar surface area (TPSA) is 60.5 Å². The zero-order chi connectivity index (χ0) is 20.8. The van der Waals surface area contributed by atoms with Gasteiger partial charge in [0.2, 0.25) is 0 Å². The van der Waals surface area contributed by atoms with E-state index in [1.165, 1.54) is 11.3 Å². The van der Waals surface area contributed by atoms with Gasteiger partial charge >= 0.3 is 0 Å². The molecule has 3 aromatic carbocycles. The van der Waals surface area contributed by atoms with Crippen LogP contribution in [0.3, 0.4) is 0 Å². The molecule has 0 aliphatic rings. The lowest BCUT2D eigenvalue weighted by atomic mass is 10.1. The highest BCUT2D eigenvalue weighted by atomic mass is 32.1. The molecule has 0 unspecified atom stereocenters. The van der Waals surface area contributed by atoms with Crippen molar-refractivity contribution in [3.63, 3.8) is 0 Å². The van der Waals surface area contributed by atoms with E-state index in [2.05, 4.69) is 10.3 Å². The van der Waals surface area contributed by atoms with Gasteiger partial charge in [-0.25, -0.2) is 4.98 Å². The van der Waals surface area contributed by atoms with E-state index in [1.807, 2.05) is 72.1 Å². The number of amides is 1. The lowest BCUT2D eigenvalue weighted by Gasteiger charge is -2.10. The predicted molar refractivity (Wildman–Crippen MR) is 119 cm³/mol. The standard InChI is InChI=1S/C24H20N2O3S/c1-28-21-9-5-6-10-22(21)29-15-17-11-13-19(14-12-17)23(27)26-24-25-20(16-30-24)18-7-3-2-4-8-18/h2-14,16H,15H2,1H3,(H,25,26,27). The van der Waals surface area contributed by atoms with Gasteiger partial charge in [0.15, 0.2) is 16.6 Å². The van der Waals surface area contributed by atoms with Crippen molar-refractivity contribution in [2.75, 3.05) is 12.4 Å². The number of hydrogen-bond donors (Lipinski definition) is 1. The number of para-hydroxylation sites is 2. The van der Waals surface area contributed by atoms with Gasteiger partial charge in [0.05, 0.1) is 12.8 Å². The molecule has 0 aliphatic carbocycles. The molecule has 30 heavy (non-hydrogen) atoms. The molecule has 0 fully saturated rings. The van der Waals surface area contributed by atoms with Crippen LogP contribution in [0.5, 0.6) is 11.5 Å². The van der Waals surface area contributed by atoms with Crippen LogP contribution < -0.4 is 14.8 Å². The number of anilines is 1. The van der Waals surface area contributed by atoms with Crippen molar-refractivity contribution in [2.24, 2.45) is 0 Å². The highest BCUT2D eigenvalue weighted by molar-refractivity contribution is 7.14. The Morgan fingerprint density at radius 2 is 1.63 bits per heavy atom. The second kappa shape index (κ2) is 9.24. The Balaban J connectivity index is 1.37. The Kier molecular flexibility index (Phi) is 6.06. The molecule has 4 aromatic rings. The van der Waals surface area contributed by atoms with Gasteiger partial charge in [0.1, 0.15) is 6.61 Å². The first-order valence-electron chi connectivity index (χ1n) is 9.40. The Hall–Kier alpha value is -3.64. The summed E-state index contributed by atoms with van der Waals surface area (Å²) in [6.07, 6.45) is 0. The summed E-state index contributed by atoms with van der Waals surface area (Å²) in [7, 11) is 1.61. The average Bonchev–Trinajstić information content (AvgIpc) is 3.27. The van der Waals surface area contributed by atoms with Crippen LogP contribution in [-0.4, -0.2) is 18.0 Å². The Bertz CT molecular complexity index is 1120. The van der Waals surface area contributed by atoms with Crippen molar-refractivity contribution < 1.29 is 14.3 Å². The molecular formula is C24H20N2O3S. The molecule has 4 rings (SSSR count). The van der Waals surface area contributed by atoms with Crippen LogP contribution in [0.15, 0.2) is 84.2 Å². The quantitative estimate of drug-likeness (QED) is 0.423. The van der Waals surface area contributed by atoms with Gasteiger partial charge < -0.3 is 9.47 Å². The van der Waals surface area contributed by atoms with E-state index in [0.29, 0.717) is 28.8 Å². The monoisotopic (exact) mass is 416 g/mol. The van der Waals surface area contributed by atoms with Crippen LogP contribution in [0, 0.1) is 0 Å². The number of aromatic nitrogens is 1. The zero-order valence-electron chi connectivity index (χ0n) is 16.4. The number of rotatable bonds is 7. The van der Waals surface area contributed by atoms with Gasteiger partial charge in [-0.2, -0.15) is 0 Å². The number of ether oxygens (including phenoxy) is 2. The maximum Gasteiger partial charge on any atom is 0.257 e. The SMILES string of the molecule is COc1ccccc1OCc1ccc(C(=O)Nc2nc(-c3ccccc3)cs2)cc1. The van der Waals surface area contributed by atoms with Crippen molar-refractivity contribution in [3.8, 4) is 22.8 Å². The van der Waals surface area contributed by atoms with E-state index in [1.54, 1.807) is 19.2 Å². The van der Waals surface area contributed by atoms with Crippen LogP contribution in [0.25, 0.3) is 11.3 Å². The number of methoxy groups -OCH3 is 1. The fraction of sp³-hybridized carbons (Fsp3) is 0.0833. The number of carbonyl (C=O) groups excluding carboxylic acids is 1. The first-order chi connectivity index (χ1) is 14.7. The molecule has 5 nitrogen and oxygen atoms in total. The van der Waals surface area contributed by atoms with E-state index in [9.17, 15) is 4.79 Å². The van der Waals surface area contributed by atoms with Crippen molar-refractivity contribution in [2.45, 2.75) is 6.61 Å².